The molecule has 0 aliphatic heterocycles. The van der Waals surface area contributed by atoms with E-state index in [2.05, 4.69) is 41.9 Å². The number of carboxylic acid groups (broad SMARTS) is 1. The van der Waals surface area contributed by atoms with E-state index in [0.717, 1.165) is 22.5 Å². The zero-order valence-electron chi connectivity index (χ0n) is 17.9. The van der Waals surface area contributed by atoms with Gasteiger partial charge in [0.1, 0.15) is 0 Å². The molecule has 3 aromatic carbocycles. The maximum atomic E-state index is 10.9. The first-order valence-corrected chi connectivity index (χ1v) is 10.3. The Balaban J connectivity index is 1.51. The monoisotopic (exact) mass is 416 g/mol. The van der Waals surface area contributed by atoms with Crippen LogP contribution in [-0.4, -0.2) is 31.3 Å². The minimum absolute atomic E-state index is 0.0213. The largest absolute Gasteiger partial charge is 0.481 e. The summed E-state index contributed by atoms with van der Waals surface area (Å²) in [5, 5.41) is 8.97. The smallest absolute Gasteiger partial charge is 0.307 e. The van der Waals surface area contributed by atoms with Gasteiger partial charge in [-0.05, 0) is 41.3 Å². The molecule has 0 aliphatic rings. The second kappa shape index (κ2) is 11.0. The van der Waals surface area contributed by atoms with Crippen molar-refractivity contribution in [3.05, 3.63) is 96.1 Å². The maximum absolute atomic E-state index is 10.9. The van der Waals surface area contributed by atoms with Crippen LogP contribution in [0.2, 0.25) is 0 Å². The number of hydrogen-bond acceptors (Lipinski definition) is 4. The van der Waals surface area contributed by atoms with Gasteiger partial charge >= 0.3 is 5.97 Å². The molecule has 3 rings (SSSR count). The van der Waals surface area contributed by atoms with Crippen molar-refractivity contribution in [1.29, 1.82) is 0 Å². The average Bonchev–Trinajstić information content (AvgIpc) is 2.79. The van der Waals surface area contributed by atoms with Crippen molar-refractivity contribution in [2.45, 2.75) is 13.3 Å². The summed E-state index contributed by atoms with van der Waals surface area (Å²) in [4.78, 5) is 18.6. The zero-order chi connectivity index (χ0) is 22.1. The minimum atomic E-state index is -0.831. The lowest BCUT2D eigenvalue weighted by molar-refractivity contribution is -0.136. The molecule has 31 heavy (non-hydrogen) atoms. The quantitative estimate of drug-likeness (QED) is 0.360. The highest BCUT2D eigenvalue weighted by atomic mass is 16.6. The number of benzene rings is 3. The molecule has 2 N–H and O–H groups in total. The number of rotatable bonds is 10. The Bertz CT molecular complexity index is 1010. The maximum Gasteiger partial charge on any atom is 0.307 e. The van der Waals surface area contributed by atoms with Gasteiger partial charge in [0, 0.05) is 19.3 Å². The lowest BCUT2D eigenvalue weighted by Crippen LogP contribution is -2.26. The molecule has 0 heterocycles. The number of anilines is 1. The van der Waals surface area contributed by atoms with E-state index in [0.29, 0.717) is 13.2 Å². The van der Waals surface area contributed by atoms with Crippen molar-refractivity contribution < 1.29 is 14.7 Å². The van der Waals surface area contributed by atoms with Crippen LogP contribution in [0.3, 0.4) is 0 Å². The number of hydroxylamine groups is 1. The van der Waals surface area contributed by atoms with Crippen molar-refractivity contribution in [3.8, 4) is 11.1 Å². The van der Waals surface area contributed by atoms with E-state index in [9.17, 15) is 4.79 Å². The lowest BCUT2D eigenvalue weighted by atomic mass is 10.0. The number of aliphatic carboxylic acids is 1. The van der Waals surface area contributed by atoms with E-state index >= 15 is 0 Å². The molecule has 0 amide bonds. The number of hydrogen-bond donors (Lipinski definition) is 2. The summed E-state index contributed by atoms with van der Waals surface area (Å²) >= 11 is 0. The van der Waals surface area contributed by atoms with Gasteiger partial charge in [-0.15, -0.1) is 0 Å². The van der Waals surface area contributed by atoms with Gasteiger partial charge in [-0.25, -0.2) is 0 Å². The molecule has 0 spiro atoms. The van der Waals surface area contributed by atoms with Crippen molar-refractivity contribution in [2.75, 3.05) is 25.1 Å². The molecule has 5 nitrogen and oxygen atoms in total. The van der Waals surface area contributed by atoms with Crippen LogP contribution in [0, 0.1) is 0 Å². The summed E-state index contributed by atoms with van der Waals surface area (Å²) in [5.41, 5.74) is 9.12. The van der Waals surface area contributed by atoms with E-state index < -0.39 is 5.97 Å². The Hall–Kier alpha value is -3.57. The van der Waals surface area contributed by atoms with Gasteiger partial charge in [-0.3, -0.25) is 15.1 Å². The molecule has 0 fully saturated rings. The molecule has 0 saturated carbocycles. The first-order valence-electron chi connectivity index (χ1n) is 10.3. The third kappa shape index (κ3) is 6.46. The van der Waals surface area contributed by atoms with E-state index in [1.54, 1.807) is 0 Å². The van der Waals surface area contributed by atoms with E-state index in [1.165, 1.54) is 11.1 Å². The summed E-state index contributed by atoms with van der Waals surface area (Å²) in [5.74, 6) is -0.831. The fourth-order valence-electron chi connectivity index (χ4n) is 3.28. The third-order valence-corrected chi connectivity index (χ3v) is 5.01. The highest BCUT2D eigenvalue weighted by Gasteiger charge is 2.06. The van der Waals surface area contributed by atoms with E-state index in [4.69, 9.17) is 9.94 Å². The van der Waals surface area contributed by atoms with Crippen LogP contribution >= 0.6 is 0 Å². The predicted octanol–water partition coefficient (Wildman–Crippen LogP) is 5.00. The molecule has 0 saturated heterocycles. The molecule has 0 unspecified atom stereocenters. The summed E-state index contributed by atoms with van der Waals surface area (Å²) in [7, 11) is 1.96. The second-order valence-corrected chi connectivity index (χ2v) is 7.26. The molecule has 0 radical (unpaired) electrons. The molecular weight excluding hydrogens is 388 g/mol. The summed E-state index contributed by atoms with van der Waals surface area (Å²) in [6, 6.07) is 26.2. The molecular formula is C26H28N2O3. The van der Waals surface area contributed by atoms with E-state index in [1.807, 2.05) is 67.4 Å². The van der Waals surface area contributed by atoms with Gasteiger partial charge in [0.15, 0.2) is 0 Å². The number of carboxylic acids is 1. The topological polar surface area (TPSA) is 61.8 Å². The Kier molecular flexibility index (Phi) is 7.85. The van der Waals surface area contributed by atoms with Crippen LogP contribution in [0.25, 0.3) is 16.8 Å². The van der Waals surface area contributed by atoms with E-state index in [-0.39, 0.29) is 6.42 Å². The minimum Gasteiger partial charge on any atom is -0.481 e. The van der Waals surface area contributed by atoms with Gasteiger partial charge in [0.25, 0.3) is 0 Å². The van der Waals surface area contributed by atoms with Crippen LogP contribution in [0.4, 0.5) is 5.69 Å². The van der Waals surface area contributed by atoms with Crippen LogP contribution in [-0.2, 0) is 16.1 Å². The first-order chi connectivity index (χ1) is 15.1. The molecule has 0 aliphatic carbocycles. The zero-order valence-corrected chi connectivity index (χ0v) is 17.9. The standard InChI is InChI=1S/C26H28N2O3/c1-3-25(23-14-12-22(13-15-23)21-9-5-4-6-10-21)27-31-17-16-28(2)24-11-7-8-20(18-24)19-26(29)30/h3-15,18,27H,16-17,19H2,1-2H3,(H,29,30). The average molecular weight is 417 g/mol. The number of nitrogens with one attached hydrogen (secondary N) is 1. The fraction of sp³-hybridized carbons (Fsp3) is 0.192. The molecule has 0 atom stereocenters. The normalized spacial score (nSPS) is 11.2. The van der Waals surface area contributed by atoms with Crippen LogP contribution < -0.4 is 10.4 Å². The number of carbonyl (C=O) groups is 1. The Morgan fingerprint density at radius 3 is 2.39 bits per heavy atom. The Morgan fingerprint density at radius 2 is 1.71 bits per heavy atom. The SMILES string of the molecule is CC=C(NOCCN(C)c1cccc(CC(=O)O)c1)c1ccc(-c2ccccc2)cc1. The van der Waals surface area contributed by atoms with Crippen LogP contribution in [0.5, 0.6) is 0 Å². The molecule has 5 heteroatoms. The van der Waals surface area contributed by atoms with Gasteiger partial charge in [-0.2, -0.15) is 0 Å². The second-order valence-electron chi connectivity index (χ2n) is 7.26. The fourth-order valence-corrected chi connectivity index (χ4v) is 3.28. The molecule has 160 valence electrons. The van der Waals surface area contributed by atoms with Gasteiger partial charge in [-0.1, -0.05) is 72.8 Å². The molecule has 0 bridgehead atoms. The van der Waals surface area contributed by atoms with Crippen LogP contribution in [0.1, 0.15) is 18.1 Å². The third-order valence-electron chi connectivity index (χ3n) is 5.01. The number of allylic oxidation sites excluding steroid dienone is 1. The predicted molar refractivity (Wildman–Crippen MR) is 126 cm³/mol. The summed E-state index contributed by atoms with van der Waals surface area (Å²) in [6.45, 7) is 3.10. The van der Waals surface area contributed by atoms with Crippen LogP contribution in [0.15, 0.2) is 84.9 Å². The Labute approximate surface area is 183 Å². The van der Waals surface area contributed by atoms with Gasteiger partial charge in [0.2, 0.25) is 0 Å². The van der Waals surface area contributed by atoms with Crippen molar-refractivity contribution in [1.82, 2.24) is 5.48 Å². The number of likely N-dealkylation sites (N-methyl/N-ethyl adjacent to an activating group) is 1. The van der Waals surface area contributed by atoms with Crippen molar-refractivity contribution >= 4 is 17.4 Å². The van der Waals surface area contributed by atoms with Crippen molar-refractivity contribution in [3.63, 3.8) is 0 Å². The summed E-state index contributed by atoms with van der Waals surface area (Å²) < 4.78 is 0. The molecule has 3 aromatic rings. The first kappa shape index (κ1) is 22.1. The Morgan fingerprint density at radius 1 is 1.00 bits per heavy atom. The van der Waals surface area contributed by atoms with Gasteiger partial charge in [0.05, 0.1) is 18.7 Å². The number of nitrogens with zero attached hydrogens (tertiary/aromatic N) is 1. The van der Waals surface area contributed by atoms with Gasteiger partial charge < -0.3 is 10.0 Å². The highest BCUT2D eigenvalue weighted by Crippen LogP contribution is 2.21. The lowest BCUT2D eigenvalue weighted by Gasteiger charge is -2.20. The van der Waals surface area contributed by atoms with Crippen molar-refractivity contribution in [2.24, 2.45) is 0 Å². The molecule has 0 aromatic heterocycles. The highest BCUT2D eigenvalue weighted by molar-refractivity contribution is 5.71. The summed E-state index contributed by atoms with van der Waals surface area (Å²) in [6.07, 6.45) is 2.00.